The molecule has 1 heterocycles. The molecule has 6 nitrogen and oxygen atoms in total. The molecule has 1 unspecified atom stereocenters. The van der Waals surface area contributed by atoms with Crippen molar-refractivity contribution in [3.63, 3.8) is 0 Å². The largest absolute Gasteiger partial charge is 0.481 e. The summed E-state index contributed by atoms with van der Waals surface area (Å²) in [4.78, 5) is 22.9. The highest BCUT2D eigenvalue weighted by Gasteiger charge is 2.15. The van der Waals surface area contributed by atoms with Gasteiger partial charge in [-0.15, -0.1) is 0 Å². The van der Waals surface area contributed by atoms with Crippen LogP contribution in [0.15, 0.2) is 42.7 Å². The van der Waals surface area contributed by atoms with Gasteiger partial charge < -0.3 is 10.4 Å². The number of aliphatic carboxylic acids is 1. The SMILES string of the molecule is CC(CCC(=O)O)NC(=O)c1ccccc1-n1cccn1. The van der Waals surface area contributed by atoms with Crippen molar-refractivity contribution in [2.45, 2.75) is 25.8 Å². The summed E-state index contributed by atoms with van der Waals surface area (Å²) in [7, 11) is 0. The van der Waals surface area contributed by atoms with Crippen molar-refractivity contribution in [3.05, 3.63) is 48.3 Å². The van der Waals surface area contributed by atoms with E-state index in [0.29, 0.717) is 17.7 Å². The summed E-state index contributed by atoms with van der Waals surface area (Å²) in [5, 5.41) is 15.6. The molecule has 0 aliphatic heterocycles. The van der Waals surface area contributed by atoms with Crippen LogP contribution < -0.4 is 5.32 Å². The Bertz CT molecular complexity index is 623. The summed E-state index contributed by atoms with van der Waals surface area (Å²) < 4.78 is 1.62. The van der Waals surface area contributed by atoms with Gasteiger partial charge in [-0.2, -0.15) is 5.10 Å². The number of carboxylic acid groups (broad SMARTS) is 1. The first-order chi connectivity index (χ1) is 10.1. The zero-order valence-corrected chi connectivity index (χ0v) is 11.7. The monoisotopic (exact) mass is 287 g/mol. The average molecular weight is 287 g/mol. The van der Waals surface area contributed by atoms with Crippen molar-refractivity contribution < 1.29 is 14.7 Å². The third-order valence-corrected chi connectivity index (χ3v) is 3.07. The van der Waals surface area contributed by atoms with Crippen LogP contribution >= 0.6 is 0 Å². The van der Waals surface area contributed by atoms with Gasteiger partial charge in [-0.25, -0.2) is 4.68 Å². The summed E-state index contributed by atoms with van der Waals surface area (Å²) in [5.41, 5.74) is 1.19. The molecule has 0 bridgehead atoms. The molecule has 0 radical (unpaired) electrons. The molecule has 0 fully saturated rings. The Balaban J connectivity index is 2.11. The fourth-order valence-electron chi connectivity index (χ4n) is 1.99. The number of aromatic nitrogens is 2. The first-order valence-electron chi connectivity index (χ1n) is 6.69. The summed E-state index contributed by atoms with van der Waals surface area (Å²) in [6.45, 7) is 1.79. The van der Waals surface area contributed by atoms with Gasteiger partial charge in [-0.1, -0.05) is 12.1 Å². The van der Waals surface area contributed by atoms with Gasteiger partial charge in [0.05, 0.1) is 11.3 Å². The first kappa shape index (κ1) is 14.8. The molecule has 0 saturated carbocycles. The van der Waals surface area contributed by atoms with Crippen molar-refractivity contribution >= 4 is 11.9 Å². The van der Waals surface area contributed by atoms with Crippen molar-refractivity contribution in [2.24, 2.45) is 0 Å². The molecule has 1 amide bonds. The number of carbonyl (C=O) groups excluding carboxylic acids is 1. The van der Waals surface area contributed by atoms with Crippen LogP contribution in [0.3, 0.4) is 0 Å². The van der Waals surface area contributed by atoms with E-state index in [-0.39, 0.29) is 18.4 Å². The molecule has 21 heavy (non-hydrogen) atoms. The predicted molar refractivity (Wildman–Crippen MR) is 77.4 cm³/mol. The highest BCUT2D eigenvalue weighted by molar-refractivity contribution is 5.97. The number of para-hydroxylation sites is 1. The fourth-order valence-corrected chi connectivity index (χ4v) is 1.99. The number of amides is 1. The van der Waals surface area contributed by atoms with Crippen molar-refractivity contribution in [1.82, 2.24) is 15.1 Å². The highest BCUT2D eigenvalue weighted by atomic mass is 16.4. The van der Waals surface area contributed by atoms with Crippen LogP contribution in [0.25, 0.3) is 5.69 Å². The molecule has 0 aliphatic rings. The molecular weight excluding hydrogens is 270 g/mol. The lowest BCUT2D eigenvalue weighted by Crippen LogP contribution is -2.33. The van der Waals surface area contributed by atoms with Crippen molar-refractivity contribution in [3.8, 4) is 5.69 Å². The van der Waals surface area contributed by atoms with Crippen LogP contribution in [0.2, 0.25) is 0 Å². The maximum absolute atomic E-state index is 12.3. The molecular formula is C15H17N3O3. The molecule has 1 atom stereocenters. The third kappa shape index (κ3) is 3.92. The van der Waals surface area contributed by atoms with Crippen molar-refractivity contribution in [2.75, 3.05) is 0 Å². The lowest BCUT2D eigenvalue weighted by Gasteiger charge is -2.15. The minimum Gasteiger partial charge on any atom is -0.481 e. The number of benzene rings is 1. The van der Waals surface area contributed by atoms with Crippen LogP contribution in [0.5, 0.6) is 0 Å². The third-order valence-electron chi connectivity index (χ3n) is 3.07. The number of carboxylic acids is 1. The number of hydrogen-bond acceptors (Lipinski definition) is 3. The predicted octanol–water partition coefficient (Wildman–Crippen LogP) is 1.86. The summed E-state index contributed by atoms with van der Waals surface area (Å²) >= 11 is 0. The minimum atomic E-state index is -0.868. The summed E-state index contributed by atoms with van der Waals surface area (Å²) in [6, 6.07) is 8.72. The molecule has 110 valence electrons. The van der Waals surface area contributed by atoms with Gasteiger partial charge >= 0.3 is 5.97 Å². The van der Waals surface area contributed by atoms with Crippen molar-refractivity contribution in [1.29, 1.82) is 0 Å². The molecule has 2 N–H and O–H groups in total. The van der Waals surface area contributed by atoms with Crippen LogP contribution in [0, 0.1) is 0 Å². The number of hydrogen-bond donors (Lipinski definition) is 2. The molecule has 0 spiro atoms. The van der Waals surface area contributed by atoms with Crippen LogP contribution in [0.4, 0.5) is 0 Å². The van der Waals surface area contributed by atoms with E-state index in [2.05, 4.69) is 10.4 Å². The lowest BCUT2D eigenvalue weighted by molar-refractivity contribution is -0.137. The topological polar surface area (TPSA) is 84.2 Å². The van der Waals surface area contributed by atoms with Crippen LogP contribution in [-0.2, 0) is 4.79 Å². The van der Waals surface area contributed by atoms with E-state index >= 15 is 0 Å². The van der Waals surface area contributed by atoms with E-state index in [1.807, 2.05) is 12.1 Å². The Morgan fingerprint density at radius 1 is 1.33 bits per heavy atom. The second kappa shape index (κ2) is 6.69. The second-order valence-electron chi connectivity index (χ2n) is 4.77. The number of nitrogens with zero attached hydrogens (tertiary/aromatic N) is 2. The van der Waals surface area contributed by atoms with Crippen LogP contribution in [0.1, 0.15) is 30.1 Å². The van der Waals surface area contributed by atoms with Gasteiger partial charge in [0.1, 0.15) is 0 Å². The van der Waals surface area contributed by atoms with Gasteiger partial charge in [0.25, 0.3) is 5.91 Å². The van der Waals surface area contributed by atoms with Gasteiger partial charge in [0.2, 0.25) is 0 Å². The maximum Gasteiger partial charge on any atom is 0.303 e. The number of nitrogens with one attached hydrogen (secondary N) is 1. The Kier molecular flexibility index (Phi) is 4.71. The first-order valence-corrected chi connectivity index (χ1v) is 6.69. The number of carbonyl (C=O) groups is 2. The van der Waals surface area contributed by atoms with Gasteiger partial charge in [0, 0.05) is 24.9 Å². The Morgan fingerprint density at radius 3 is 2.76 bits per heavy atom. The van der Waals surface area contributed by atoms with E-state index in [0.717, 1.165) is 0 Å². The minimum absolute atomic E-state index is 0.0300. The normalized spacial score (nSPS) is 11.9. The molecule has 1 aromatic heterocycles. The number of rotatable bonds is 6. The van der Waals surface area contributed by atoms with Crippen LogP contribution in [-0.4, -0.2) is 32.8 Å². The van der Waals surface area contributed by atoms with E-state index in [9.17, 15) is 9.59 Å². The molecule has 6 heteroatoms. The van der Waals surface area contributed by atoms with Gasteiger partial charge in [-0.3, -0.25) is 9.59 Å². The quantitative estimate of drug-likeness (QED) is 0.849. The van der Waals surface area contributed by atoms with E-state index in [4.69, 9.17) is 5.11 Å². The zero-order chi connectivity index (χ0) is 15.2. The average Bonchev–Trinajstić information content (AvgIpc) is 2.99. The molecule has 2 aromatic rings. The van der Waals surface area contributed by atoms with Gasteiger partial charge in [0.15, 0.2) is 0 Å². The Labute approximate surface area is 122 Å². The Morgan fingerprint density at radius 2 is 2.10 bits per heavy atom. The van der Waals surface area contributed by atoms with E-state index < -0.39 is 5.97 Å². The summed E-state index contributed by atoms with van der Waals surface area (Å²) in [5.74, 6) is -1.10. The van der Waals surface area contributed by atoms with E-state index in [1.165, 1.54) is 0 Å². The maximum atomic E-state index is 12.3. The molecule has 0 saturated heterocycles. The summed E-state index contributed by atoms with van der Waals surface area (Å²) in [6.07, 6.45) is 3.83. The molecule has 2 rings (SSSR count). The smallest absolute Gasteiger partial charge is 0.303 e. The standard InChI is InChI=1S/C15H17N3O3/c1-11(7-8-14(19)20)17-15(21)12-5-2-3-6-13(12)18-10-4-9-16-18/h2-6,9-11H,7-8H2,1H3,(H,17,21)(H,19,20). The molecule has 1 aromatic carbocycles. The molecule has 0 aliphatic carbocycles. The second-order valence-corrected chi connectivity index (χ2v) is 4.77. The lowest BCUT2D eigenvalue weighted by atomic mass is 10.1. The Hall–Kier alpha value is -2.63. The fraction of sp³-hybridized carbons (Fsp3) is 0.267. The van der Waals surface area contributed by atoms with E-state index in [1.54, 1.807) is 42.2 Å². The highest BCUT2D eigenvalue weighted by Crippen LogP contribution is 2.13. The van der Waals surface area contributed by atoms with Gasteiger partial charge in [-0.05, 0) is 31.5 Å². The zero-order valence-electron chi connectivity index (χ0n) is 11.7.